The van der Waals surface area contributed by atoms with E-state index in [-0.39, 0.29) is 0 Å². The van der Waals surface area contributed by atoms with Gasteiger partial charge in [0.2, 0.25) is 5.91 Å². The number of ether oxygens (including phenoxy) is 1. The third-order valence-electron chi connectivity index (χ3n) is 3.40. The van der Waals surface area contributed by atoms with Crippen LogP contribution < -0.4 is 11.1 Å². The number of amides is 1. The largest absolute Gasteiger partial charge is 0.380 e. The number of hydrogen-bond donors (Lipinski definition) is 2. The number of aryl methyl sites for hydroxylation is 1. The number of benzene rings is 2. The molecule has 0 heterocycles. The summed E-state index contributed by atoms with van der Waals surface area (Å²) in [6, 6.07) is 14.9. The molecule has 0 spiro atoms. The quantitative estimate of drug-likeness (QED) is 0.857. The molecule has 0 radical (unpaired) electrons. The number of methoxy groups -OCH3 is 1. The molecule has 0 fully saturated rings. The lowest BCUT2D eigenvalue weighted by molar-refractivity contribution is -0.118. The third kappa shape index (κ3) is 3.61. The van der Waals surface area contributed by atoms with Gasteiger partial charge in [-0.2, -0.15) is 0 Å². The van der Waals surface area contributed by atoms with E-state index >= 15 is 0 Å². The van der Waals surface area contributed by atoms with Crippen molar-refractivity contribution in [1.82, 2.24) is 0 Å². The maximum atomic E-state index is 11.9. The maximum absolute atomic E-state index is 11.9. The van der Waals surface area contributed by atoms with Crippen LogP contribution in [0.4, 0.5) is 5.69 Å². The lowest BCUT2D eigenvalue weighted by Gasteiger charge is -2.21. The monoisotopic (exact) mass is 284 g/mol. The number of nitrogens with two attached hydrogens (primary N) is 1. The van der Waals surface area contributed by atoms with E-state index < -0.39 is 11.9 Å². The standard InChI is InChI=1S/C17H20N2O2/c1-12-7-3-6-10-15(12)19-16(17(18)20)14-9-5-4-8-13(14)11-21-2/h3-10,16,19H,11H2,1-2H3,(H2,18,20). The van der Waals surface area contributed by atoms with Gasteiger partial charge in [0, 0.05) is 12.8 Å². The molecule has 3 N–H and O–H groups in total. The topological polar surface area (TPSA) is 64.3 Å². The van der Waals surface area contributed by atoms with Crippen LogP contribution >= 0.6 is 0 Å². The number of para-hydroxylation sites is 1. The Morgan fingerprint density at radius 3 is 2.52 bits per heavy atom. The van der Waals surface area contributed by atoms with Gasteiger partial charge in [-0.25, -0.2) is 0 Å². The fraction of sp³-hybridized carbons (Fsp3) is 0.235. The molecule has 0 aliphatic rings. The number of carbonyl (C=O) groups is 1. The summed E-state index contributed by atoms with van der Waals surface area (Å²) in [5, 5.41) is 3.23. The highest BCUT2D eigenvalue weighted by Crippen LogP contribution is 2.25. The zero-order chi connectivity index (χ0) is 15.2. The van der Waals surface area contributed by atoms with E-state index in [0.717, 1.165) is 22.4 Å². The summed E-state index contributed by atoms with van der Waals surface area (Å²) in [6.07, 6.45) is 0. The van der Waals surface area contributed by atoms with Crippen LogP contribution in [0.15, 0.2) is 48.5 Å². The SMILES string of the molecule is COCc1ccccc1C(Nc1ccccc1C)C(N)=O. The minimum absolute atomic E-state index is 0.415. The van der Waals surface area contributed by atoms with E-state index in [2.05, 4.69) is 5.32 Å². The Morgan fingerprint density at radius 2 is 1.86 bits per heavy atom. The minimum Gasteiger partial charge on any atom is -0.380 e. The molecular weight excluding hydrogens is 264 g/mol. The van der Waals surface area contributed by atoms with Crippen molar-refractivity contribution in [3.05, 3.63) is 65.2 Å². The number of anilines is 1. The van der Waals surface area contributed by atoms with Crippen molar-refractivity contribution in [2.24, 2.45) is 5.73 Å². The fourth-order valence-electron chi connectivity index (χ4n) is 2.30. The Hall–Kier alpha value is -2.33. The summed E-state index contributed by atoms with van der Waals surface area (Å²) in [5.41, 5.74) is 9.34. The molecule has 0 aromatic heterocycles. The summed E-state index contributed by atoms with van der Waals surface area (Å²) in [6.45, 7) is 2.43. The maximum Gasteiger partial charge on any atom is 0.244 e. The van der Waals surface area contributed by atoms with Crippen LogP contribution in [-0.4, -0.2) is 13.0 Å². The van der Waals surface area contributed by atoms with Crippen molar-refractivity contribution in [1.29, 1.82) is 0 Å². The second-order valence-corrected chi connectivity index (χ2v) is 4.93. The fourth-order valence-corrected chi connectivity index (χ4v) is 2.30. The second kappa shape index (κ2) is 6.90. The zero-order valence-electron chi connectivity index (χ0n) is 12.3. The van der Waals surface area contributed by atoms with Crippen LogP contribution in [-0.2, 0) is 16.1 Å². The molecule has 1 unspecified atom stereocenters. The van der Waals surface area contributed by atoms with Crippen LogP contribution in [0.25, 0.3) is 0 Å². The highest BCUT2D eigenvalue weighted by Gasteiger charge is 2.21. The van der Waals surface area contributed by atoms with Gasteiger partial charge >= 0.3 is 0 Å². The van der Waals surface area contributed by atoms with Crippen LogP contribution in [0, 0.1) is 6.92 Å². The molecule has 110 valence electrons. The third-order valence-corrected chi connectivity index (χ3v) is 3.40. The molecule has 0 saturated carbocycles. The molecule has 4 heteroatoms. The number of primary amides is 1. The van der Waals surface area contributed by atoms with Gasteiger partial charge in [-0.1, -0.05) is 42.5 Å². The number of hydrogen-bond acceptors (Lipinski definition) is 3. The first kappa shape index (κ1) is 15.1. The summed E-state index contributed by atoms with van der Waals surface area (Å²) >= 11 is 0. The molecule has 0 bridgehead atoms. The molecule has 2 rings (SSSR count). The van der Waals surface area contributed by atoms with Crippen molar-refractivity contribution in [3.8, 4) is 0 Å². The Bertz CT molecular complexity index is 626. The van der Waals surface area contributed by atoms with Crippen LogP contribution in [0.5, 0.6) is 0 Å². The second-order valence-electron chi connectivity index (χ2n) is 4.93. The molecule has 21 heavy (non-hydrogen) atoms. The zero-order valence-corrected chi connectivity index (χ0v) is 12.3. The normalized spacial score (nSPS) is 11.9. The van der Waals surface area contributed by atoms with Gasteiger partial charge in [-0.05, 0) is 29.7 Å². The van der Waals surface area contributed by atoms with Crippen LogP contribution in [0.3, 0.4) is 0 Å². The molecule has 0 saturated heterocycles. The molecule has 1 atom stereocenters. The lowest BCUT2D eigenvalue weighted by Crippen LogP contribution is -2.29. The van der Waals surface area contributed by atoms with Crippen molar-refractivity contribution in [3.63, 3.8) is 0 Å². The van der Waals surface area contributed by atoms with Crippen molar-refractivity contribution in [2.75, 3.05) is 12.4 Å². The first-order valence-electron chi connectivity index (χ1n) is 6.81. The van der Waals surface area contributed by atoms with E-state index in [1.807, 2.05) is 55.5 Å². The molecule has 0 aliphatic carbocycles. The summed E-state index contributed by atoms with van der Waals surface area (Å²) < 4.78 is 5.19. The average molecular weight is 284 g/mol. The Morgan fingerprint density at radius 1 is 1.19 bits per heavy atom. The van der Waals surface area contributed by atoms with Gasteiger partial charge in [-0.3, -0.25) is 4.79 Å². The van der Waals surface area contributed by atoms with Gasteiger partial charge in [-0.15, -0.1) is 0 Å². The molecule has 4 nitrogen and oxygen atoms in total. The molecular formula is C17H20N2O2. The van der Waals surface area contributed by atoms with Crippen molar-refractivity contribution < 1.29 is 9.53 Å². The first-order chi connectivity index (χ1) is 10.1. The van der Waals surface area contributed by atoms with E-state index in [9.17, 15) is 4.79 Å². The molecule has 2 aromatic rings. The molecule has 1 amide bonds. The van der Waals surface area contributed by atoms with E-state index in [4.69, 9.17) is 10.5 Å². The summed E-state index contributed by atoms with van der Waals surface area (Å²) in [7, 11) is 1.63. The van der Waals surface area contributed by atoms with E-state index in [0.29, 0.717) is 6.61 Å². The van der Waals surface area contributed by atoms with Gasteiger partial charge in [0.1, 0.15) is 6.04 Å². The lowest BCUT2D eigenvalue weighted by atomic mass is 9.99. The van der Waals surface area contributed by atoms with Gasteiger partial charge in [0.25, 0.3) is 0 Å². The highest BCUT2D eigenvalue weighted by molar-refractivity contribution is 5.85. The number of rotatable bonds is 6. The highest BCUT2D eigenvalue weighted by atomic mass is 16.5. The predicted octanol–water partition coefficient (Wildman–Crippen LogP) is 2.78. The minimum atomic E-state index is -0.586. The Labute approximate surface area is 124 Å². The van der Waals surface area contributed by atoms with E-state index in [1.54, 1.807) is 7.11 Å². The van der Waals surface area contributed by atoms with Gasteiger partial charge < -0.3 is 15.8 Å². The first-order valence-corrected chi connectivity index (χ1v) is 6.81. The number of nitrogens with one attached hydrogen (secondary N) is 1. The summed E-state index contributed by atoms with van der Waals surface area (Å²) in [4.78, 5) is 11.9. The average Bonchev–Trinajstić information content (AvgIpc) is 2.47. The van der Waals surface area contributed by atoms with Crippen LogP contribution in [0.2, 0.25) is 0 Å². The number of carbonyl (C=O) groups excluding carboxylic acids is 1. The van der Waals surface area contributed by atoms with Crippen LogP contribution in [0.1, 0.15) is 22.7 Å². The van der Waals surface area contributed by atoms with Gasteiger partial charge in [0.15, 0.2) is 0 Å². The van der Waals surface area contributed by atoms with E-state index in [1.165, 1.54) is 0 Å². The Kier molecular flexibility index (Phi) is 4.95. The smallest absolute Gasteiger partial charge is 0.244 e. The predicted molar refractivity (Wildman–Crippen MR) is 83.9 cm³/mol. The molecule has 0 aliphatic heterocycles. The molecule has 2 aromatic carbocycles. The summed E-state index contributed by atoms with van der Waals surface area (Å²) in [5.74, 6) is -0.415. The van der Waals surface area contributed by atoms with Crippen molar-refractivity contribution in [2.45, 2.75) is 19.6 Å². The van der Waals surface area contributed by atoms with Gasteiger partial charge in [0.05, 0.1) is 6.61 Å². The van der Waals surface area contributed by atoms with Crippen molar-refractivity contribution >= 4 is 11.6 Å². The Balaban J connectivity index is 2.36.